The molecule has 6 heteroatoms. The van der Waals surface area contributed by atoms with Crippen LogP contribution in [0.4, 0.5) is 0 Å². The molecule has 1 atom stereocenters. The molecule has 1 amide bonds. The van der Waals surface area contributed by atoms with Crippen molar-refractivity contribution in [1.82, 2.24) is 5.32 Å². The predicted molar refractivity (Wildman–Crippen MR) is 91.4 cm³/mol. The lowest BCUT2D eigenvalue weighted by Gasteiger charge is -2.16. The molecule has 0 aliphatic heterocycles. The summed E-state index contributed by atoms with van der Waals surface area (Å²) in [5, 5.41) is 3.49. The number of methoxy groups -OCH3 is 1. The summed E-state index contributed by atoms with van der Waals surface area (Å²) in [6, 6.07) is 12.5. The van der Waals surface area contributed by atoms with Crippen LogP contribution < -0.4 is 14.8 Å². The molecule has 0 spiro atoms. The van der Waals surface area contributed by atoms with Gasteiger partial charge in [0.25, 0.3) is 5.91 Å². The second-order valence-electron chi connectivity index (χ2n) is 4.88. The molecule has 4 nitrogen and oxygen atoms in total. The Bertz CT molecular complexity index is 674. The number of nitrogens with one attached hydrogen (secondary N) is 1. The highest BCUT2D eigenvalue weighted by molar-refractivity contribution is 6.42. The molecule has 0 aromatic heterocycles. The minimum absolute atomic E-state index is 0.239. The second kappa shape index (κ2) is 8.09. The SMILES string of the molecule is COc1ccc(CNC(=O)[C@H](C)Oc2cccc(Cl)c2Cl)cc1. The maximum absolute atomic E-state index is 12.1. The monoisotopic (exact) mass is 353 g/mol. The Morgan fingerprint density at radius 1 is 1.17 bits per heavy atom. The standard InChI is InChI=1S/C17H17Cl2NO3/c1-11(23-15-5-3-4-14(18)16(15)19)17(21)20-10-12-6-8-13(22-2)9-7-12/h3-9,11H,10H2,1-2H3,(H,20,21)/t11-/m0/s1. The van der Waals surface area contributed by atoms with Gasteiger partial charge in [0.2, 0.25) is 0 Å². The molecule has 0 saturated carbocycles. The normalized spacial score (nSPS) is 11.7. The van der Waals surface area contributed by atoms with Crippen LogP contribution in [-0.2, 0) is 11.3 Å². The largest absolute Gasteiger partial charge is 0.497 e. The van der Waals surface area contributed by atoms with Gasteiger partial charge >= 0.3 is 0 Å². The number of amides is 1. The molecule has 0 bridgehead atoms. The van der Waals surface area contributed by atoms with Gasteiger partial charge in [-0.15, -0.1) is 0 Å². The maximum atomic E-state index is 12.1. The topological polar surface area (TPSA) is 47.6 Å². The Morgan fingerprint density at radius 3 is 2.52 bits per heavy atom. The van der Waals surface area contributed by atoms with Crippen molar-refractivity contribution in [3.63, 3.8) is 0 Å². The minimum atomic E-state index is -0.691. The molecule has 0 aliphatic carbocycles. The first-order valence-corrected chi connectivity index (χ1v) is 7.78. The van der Waals surface area contributed by atoms with E-state index in [1.54, 1.807) is 32.2 Å². The van der Waals surface area contributed by atoms with Crippen molar-refractivity contribution in [2.75, 3.05) is 7.11 Å². The van der Waals surface area contributed by atoms with Crippen LogP contribution in [-0.4, -0.2) is 19.1 Å². The van der Waals surface area contributed by atoms with E-state index >= 15 is 0 Å². The summed E-state index contributed by atoms with van der Waals surface area (Å²) >= 11 is 12.0. The number of rotatable bonds is 6. The highest BCUT2D eigenvalue weighted by Gasteiger charge is 2.16. The zero-order valence-corrected chi connectivity index (χ0v) is 14.3. The van der Waals surface area contributed by atoms with Gasteiger partial charge < -0.3 is 14.8 Å². The van der Waals surface area contributed by atoms with Crippen LogP contribution in [0.3, 0.4) is 0 Å². The zero-order chi connectivity index (χ0) is 16.8. The molecule has 23 heavy (non-hydrogen) atoms. The smallest absolute Gasteiger partial charge is 0.261 e. The van der Waals surface area contributed by atoms with Crippen molar-refractivity contribution in [2.24, 2.45) is 0 Å². The summed E-state index contributed by atoms with van der Waals surface area (Å²) in [5.74, 6) is 0.913. The van der Waals surface area contributed by atoms with Crippen molar-refractivity contribution < 1.29 is 14.3 Å². The minimum Gasteiger partial charge on any atom is -0.497 e. The van der Waals surface area contributed by atoms with Gasteiger partial charge in [-0.05, 0) is 36.8 Å². The third-order valence-electron chi connectivity index (χ3n) is 3.21. The lowest BCUT2D eigenvalue weighted by atomic mass is 10.2. The van der Waals surface area contributed by atoms with Crippen LogP contribution in [0.15, 0.2) is 42.5 Å². The molecule has 2 aromatic carbocycles. The van der Waals surface area contributed by atoms with Crippen LogP contribution >= 0.6 is 23.2 Å². The van der Waals surface area contributed by atoms with Crippen molar-refractivity contribution >= 4 is 29.1 Å². The molecule has 2 rings (SSSR count). The summed E-state index contributed by atoms with van der Waals surface area (Å²) in [5.41, 5.74) is 0.965. The molecule has 0 aliphatic rings. The number of carbonyl (C=O) groups is 1. The number of benzene rings is 2. The van der Waals surface area contributed by atoms with Crippen LogP contribution in [0.25, 0.3) is 0 Å². The molecule has 2 aromatic rings. The van der Waals surface area contributed by atoms with E-state index in [4.69, 9.17) is 32.7 Å². The van der Waals surface area contributed by atoms with E-state index in [2.05, 4.69) is 5.32 Å². The molecule has 0 heterocycles. The van der Waals surface area contributed by atoms with Crippen LogP contribution in [0.2, 0.25) is 10.0 Å². The molecular weight excluding hydrogens is 337 g/mol. The van der Waals surface area contributed by atoms with Gasteiger partial charge in [-0.3, -0.25) is 4.79 Å². The average molecular weight is 354 g/mol. The van der Waals surface area contributed by atoms with Crippen LogP contribution in [0.1, 0.15) is 12.5 Å². The maximum Gasteiger partial charge on any atom is 0.261 e. The Balaban J connectivity index is 1.90. The van der Waals surface area contributed by atoms with E-state index in [9.17, 15) is 4.79 Å². The third kappa shape index (κ3) is 4.78. The second-order valence-corrected chi connectivity index (χ2v) is 5.66. The molecule has 0 saturated heterocycles. The van der Waals surface area contributed by atoms with Gasteiger partial charge in [-0.2, -0.15) is 0 Å². The molecule has 0 radical (unpaired) electrons. The Labute approximate surface area is 145 Å². The lowest BCUT2D eigenvalue weighted by molar-refractivity contribution is -0.127. The highest BCUT2D eigenvalue weighted by atomic mass is 35.5. The fourth-order valence-corrected chi connectivity index (χ4v) is 2.23. The predicted octanol–water partition coefficient (Wildman–Crippen LogP) is 4.09. The van der Waals surface area contributed by atoms with Gasteiger partial charge in [0.1, 0.15) is 16.5 Å². The van der Waals surface area contributed by atoms with Crippen molar-refractivity contribution in [1.29, 1.82) is 0 Å². The Morgan fingerprint density at radius 2 is 1.87 bits per heavy atom. The molecule has 0 unspecified atom stereocenters. The molecular formula is C17H17Cl2NO3. The molecule has 1 N–H and O–H groups in total. The average Bonchev–Trinajstić information content (AvgIpc) is 2.57. The van der Waals surface area contributed by atoms with Crippen molar-refractivity contribution in [2.45, 2.75) is 19.6 Å². The molecule has 0 fully saturated rings. The Hall–Kier alpha value is -1.91. The first kappa shape index (κ1) is 17.4. The third-order valence-corrected chi connectivity index (χ3v) is 4.02. The van der Waals surface area contributed by atoms with E-state index in [1.165, 1.54) is 0 Å². The first-order chi connectivity index (χ1) is 11.0. The van der Waals surface area contributed by atoms with Crippen molar-refractivity contribution in [3.05, 3.63) is 58.1 Å². The van der Waals surface area contributed by atoms with Gasteiger partial charge in [0.05, 0.1) is 12.1 Å². The number of hydrogen-bond donors (Lipinski definition) is 1. The van der Waals surface area contributed by atoms with Crippen LogP contribution in [0.5, 0.6) is 11.5 Å². The number of halogens is 2. The van der Waals surface area contributed by atoms with E-state index in [1.807, 2.05) is 24.3 Å². The number of carbonyl (C=O) groups excluding carboxylic acids is 1. The summed E-state index contributed by atoms with van der Waals surface area (Å²) in [6.45, 7) is 2.06. The van der Waals surface area contributed by atoms with Gasteiger partial charge in [0.15, 0.2) is 6.10 Å². The Kier molecular flexibility index (Phi) is 6.13. The fourth-order valence-electron chi connectivity index (χ4n) is 1.90. The van der Waals surface area contributed by atoms with Crippen molar-refractivity contribution in [3.8, 4) is 11.5 Å². The fraction of sp³-hybridized carbons (Fsp3) is 0.235. The molecule has 122 valence electrons. The van der Waals surface area contributed by atoms with E-state index in [0.29, 0.717) is 22.3 Å². The highest BCUT2D eigenvalue weighted by Crippen LogP contribution is 2.32. The number of ether oxygens (including phenoxy) is 2. The lowest BCUT2D eigenvalue weighted by Crippen LogP contribution is -2.35. The van der Waals surface area contributed by atoms with Gasteiger partial charge in [-0.1, -0.05) is 41.4 Å². The van der Waals surface area contributed by atoms with Gasteiger partial charge in [0, 0.05) is 6.54 Å². The zero-order valence-electron chi connectivity index (χ0n) is 12.8. The first-order valence-electron chi connectivity index (χ1n) is 7.02. The van der Waals surface area contributed by atoms with E-state index < -0.39 is 6.10 Å². The number of hydrogen-bond acceptors (Lipinski definition) is 3. The summed E-state index contributed by atoms with van der Waals surface area (Å²) in [4.78, 5) is 12.1. The summed E-state index contributed by atoms with van der Waals surface area (Å²) in [6.07, 6.45) is -0.691. The quantitative estimate of drug-likeness (QED) is 0.850. The van der Waals surface area contributed by atoms with E-state index in [0.717, 1.165) is 11.3 Å². The van der Waals surface area contributed by atoms with Gasteiger partial charge in [-0.25, -0.2) is 0 Å². The summed E-state index contributed by atoms with van der Waals surface area (Å²) < 4.78 is 10.7. The van der Waals surface area contributed by atoms with E-state index in [-0.39, 0.29) is 5.91 Å². The van der Waals surface area contributed by atoms with Crippen LogP contribution in [0, 0.1) is 0 Å². The summed E-state index contributed by atoms with van der Waals surface area (Å²) in [7, 11) is 1.61.